The molecule has 2 rings (SSSR count). The van der Waals surface area contributed by atoms with Crippen LogP contribution in [0.15, 0.2) is 30.5 Å². The maximum absolute atomic E-state index is 5.75. The van der Waals surface area contributed by atoms with Gasteiger partial charge in [-0.05, 0) is 62.2 Å². The second kappa shape index (κ2) is 6.48. The van der Waals surface area contributed by atoms with E-state index in [1.165, 1.54) is 11.1 Å². The van der Waals surface area contributed by atoms with Crippen LogP contribution in [0.25, 0.3) is 0 Å². The Balaban J connectivity index is 2.26. The van der Waals surface area contributed by atoms with Gasteiger partial charge < -0.3 is 11.1 Å². The van der Waals surface area contributed by atoms with Crippen molar-refractivity contribution in [3.63, 3.8) is 0 Å². The van der Waals surface area contributed by atoms with Gasteiger partial charge in [-0.15, -0.1) is 0 Å². The van der Waals surface area contributed by atoms with Crippen molar-refractivity contribution in [3.8, 4) is 0 Å². The highest BCUT2D eigenvalue weighted by molar-refractivity contribution is 5.33. The van der Waals surface area contributed by atoms with Crippen LogP contribution in [0.4, 0.5) is 5.82 Å². The third-order valence-electron chi connectivity index (χ3n) is 3.24. The summed E-state index contributed by atoms with van der Waals surface area (Å²) < 4.78 is 0. The first-order valence-corrected chi connectivity index (χ1v) is 6.97. The summed E-state index contributed by atoms with van der Waals surface area (Å²) in [5.74, 6) is 0.569. The highest BCUT2D eigenvalue weighted by Gasteiger charge is 2.12. The van der Waals surface area contributed by atoms with E-state index in [-0.39, 0.29) is 6.04 Å². The number of hydrogen-bond acceptors (Lipinski definition) is 4. The molecule has 0 radical (unpaired) electrons. The van der Waals surface area contributed by atoms with Crippen molar-refractivity contribution in [2.45, 2.75) is 33.2 Å². The molecule has 20 heavy (non-hydrogen) atoms. The van der Waals surface area contributed by atoms with E-state index in [0.717, 1.165) is 24.4 Å². The predicted octanol–water partition coefficient (Wildman–Crippen LogP) is 2.57. The van der Waals surface area contributed by atoms with Crippen molar-refractivity contribution < 1.29 is 0 Å². The Kier molecular flexibility index (Phi) is 4.69. The smallest absolute Gasteiger partial charge is 0.123 e. The normalized spacial score (nSPS) is 12.3. The summed E-state index contributed by atoms with van der Waals surface area (Å²) in [7, 11) is 0. The van der Waals surface area contributed by atoms with E-state index >= 15 is 0 Å². The van der Waals surface area contributed by atoms with Crippen molar-refractivity contribution in [1.29, 1.82) is 0 Å². The van der Waals surface area contributed by atoms with Crippen LogP contribution in [0.5, 0.6) is 0 Å². The van der Waals surface area contributed by atoms with Crippen LogP contribution in [-0.2, 0) is 6.42 Å². The molecule has 2 heterocycles. The quantitative estimate of drug-likeness (QED) is 0.876. The lowest BCUT2D eigenvalue weighted by Gasteiger charge is -2.19. The van der Waals surface area contributed by atoms with Gasteiger partial charge in [0.25, 0.3) is 0 Å². The molecule has 1 atom stereocenters. The number of nitrogens with two attached hydrogens (primary N) is 1. The van der Waals surface area contributed by atoms with E-state index in [2.05, 4.69) is 34.3 Å². The molecule has 0 aromatic carbocycles. The van der Waals surface area contributed by atoms with Gasteiger partial charge in [0.15, 0.2) is 0 Å². The number of nitrogens with one attached hydrogen (secondary N) is 1. The number of pyridine rings is 2. The predicted molar refractivity (Wildman–Crippen MR) is 82.5 cm³/mol. The third-order valence-corrected chi connectivity index (χ3v) is 3.24. The van der Waals surface area contributed by atoms with Gasteiger partial charge in [0, 0.05) is 23.6 Å². The second-order valence-corrected chi connectivity index (χ2v) is 5.09. The van der Waals surface area contributed by atoms with E-state index in [1.807, 2.05) is 26.0 Å². The lowest BCUT2D eigenvalue weighted by Crippen LogP contribution is -2.23. The van der Waals surface area contributed by atoms with E-state index in [1.54, 1.807) is 6.20 Å². The summed E-state index contributed by atoms with van der Waals surface area (Å²) in [5, 5.41) is 3.53. The summed E-state index contributed by atoms with van der Waals surface area (Å²) in [6.45, 7) is 7.11. The molecule has 0 saturated carbocycles. The molecule has 2 aromatic rings. The maximum Gasteiger partial charge on any atom is 0.123 e. The van der Waals surface area contributed by atoms with Gasteiger partial charge in [0.2, 0.25) is 0 Å². The lowest BCUT2D eigenvalue weighted by molar-refractivity contribution is 0.548. The van der Waals surface area contributed by atoms with E-state index in [0.29, 0.717) is 5.82 Å². The zero-order valence-electron chi connectivity index (χ0n) is 12.4. The molecular weight excluding hydrogens is 248 g/mol. The average Bonchev–Trinajstić information content (AvgIpc) is 2.37. The third kappa shape index (κ3) is 3.78. The van der Waals surface area contributed by atoms with E-state index < -0.39 is 0 Å². The van der Waals surface area contributed by atoms with Gasteiger partial charge >= 0.3 is 0 Å². The van der Waals surface area contributed by atoms with Crippen molar-refractivity contribution >= 4 is 5.82 Å². The number of aryl methyl sites for hydroxylation is 2. The molecule has 0 spiro atoms. The van der Waals surface area contributed by atoms with Crippen LogP contribution in [0.1, 0.15) is 35.5 Å². The van der Waals surface area contributed by atoms with Gasteiger partial charge in [-0.1, -0.05) is 6.92 Å². The molecular formula is C16H22N4. The molecule has 1 unspecified atom stereocenters. The van der Waals surface area contributed by atoms with Crippen LogP contribution in [0.3, 0.4) is 0 Å². The van der Waals surface area contributed by atoms with Crippen LogP contribution < -0.4 is 11.1 Å². The SMILES string of the molecule is CCNC(Cc1ccnc(N)c1)c1cc(C)nc(C)c1. The lowest BCUT2D eigenvalue weighted by atomic mass is 9.98. The van der Waals surface area contributed by atoms with Crippen molar-refractivity contribution in [3.05, 3.63) is 53.0 Å². The van der Waals surface area contributed by atoms with Gasteiger partial charge in [0.1, 0.15) is 5.82 Å². The minimum Gasteiger partial charge on any atom is -0.384 e. The van der Waals surface area contributed by atoms with Crippen LogP contribution >= 0.6 is 0 Å². The Labute approximate surface area is 120 Å². The number of nitrogens with zero attached hydrogens (tertiary/aromatic N) is 2. The number of nitrogen functional groups attached to an aromatic ring is 1. The van der Waals surface area contributed by atoms with Gasteiger partial charge in [-0.25, -0.2) is 4.98 Å². The minimum absolute atomic E-state index is 0.266. The Morgan fingerprint density at radius 2 is 1.90 bits per heavy atom. The molecule has 0 aliphatic carbocycles. The number of rotatable bonds is 5. The first-order valence-electron chi connectivity index (χ1n) is 6.97. The number of aromatic nitrogens is 2. The van der Waals surface area contributed by atoms with Crippen LogP contribution in [-0.4, -0.2) is 16.5 Å². The fourth-order valence-corrected chi connectivity index (χ4v) is 2.48. The molecule has 4 heteroatoms. The molecule has 0 fully saturated rings. The molecule has 3 N–H and O–H groups in total. The standard InChI is InChI=1S/C16H22N4/c1-4-18-15(9-13-5-6-19-16(17)10-13)14-7-11(2)20-12(3)8-14/h5-8,10,15,18H,4,9H2,1-3H3,(H2,17,19). The number of likely N-dealkylation sites (N-methyl/N-ethyl adjacent to an activating group) is 1. The van der Waals surface area contributed by atoms with Crippen molar-refractivity contribution in [1.82, 2.24) is 15.3 Å². The summed E-state index contributed by atoms with van der Waals surface area (Å²) in [5.41, 5.74) is 10.3. The van der Waals surface area contributed by atoms with Crippen molar-refractivity contribution in [2.24, 2.45) is 0 Å². The summed E-state index contributed by atoms with van der Waals surface area (Å²) in [6, 6.07) is 8.50. The molecule has 0 bridgehead atoms. The highest BCUT2D eigenvalue weighted by Crippen LogP contribution is 2.20. The Bertz CT molecular complexity index is 560. The first kappa shape index (κ1) is 14.5. The fraction of sp³-hybridized carbons (Fsp3) is 0.375. The van der Waals surface area contributed by atoms with Crippen molar-refractivity contribution in [2.75, 3.05) is 12.3 Å². The summed E-state index contributed by atoms with van der Waals surface area (Å²) in [6.07, 6.45) is 2.65. The first-order chi connectivity index (χ1) is 9.58. The summed E-state index contributed by atoms with van der Waals surface area (Å²) in [4.78, 5) is 8.48. The van der Waals surface area contributed by atoms with E-state index in [4.69, 9.17) is 5.73 Å². The summed E-state index contributed by atoms with van der Waals surface area (Å²) >= 11 is 0. The topological polar surface area (TPSA) is 63.8 Å². The minimum atomic E-state index is 0.266. The zero-order valence-corrected chi connectivity index (χ0v) is 12.4. The second-order valence-electron chi connectivity index (χ2n) is 5.09. The van der Waals surface area contributed by atoms with Crippen LogP contribution in [0.2, 0.25) is 0 Å². The highest BCUT2D eigenvalue weighted by atomic mass is 14.9. The molecule has 0 aliphatic heterocycles. The Hall–Kier alpha value is -1.94. The van der Waals surface area contributed by atoms with Crippen LogP contribution in [0, 0.1) is 13.8 Å². The zero-order chi connectivity index (χ0) is 14.5. The molecule has 0 aliphatic rings. The molecule has 2 aromatic heterocycles. The fourth-order valence-electron chi connectivity index (χ4n) is 2.48. The monoisotopic (exact) mass is 270 g/mol. The van der Waals surface area contributed by atoms with Gasteiger partial charge in [0.05, 0.1) is 0 Å². The average molecular weight is 270 g/mol. The maximum atomic E-state index is 5.75. The van der Waals surface area contributed by atoms with Gasteiger partial charge in [-0.3, -0.25) is 4.98 Å². The molecule has 4 nitrogen and oxygen atoms in total. The van der Waals surface area contributed by atoms with E-state index in [9.17, 15) is 0 Å². The molecule has 0 saturated heterocycles. The Morgan fingerprint density at radius 1 is 1.20 bits per heavy atom. The number of anilines is 1. The largest absolute Gasteiger partial charge is 0.384 e. The Morgan fingerprint density at radius 3 is 2.50 bits per heavy atom. The molecule has 0 amide bonds. The molecule has 106 valence electrons. The van der Waals surface area contributed by atoms with Gasteiger partial charge in [-0.2, -0.15) is 0 Å². The number of hydrogen-bond donors (Lipinski definition) is 2.